The first kappa shape index (κ1) is 69.5. The van der Waals surface area contributed by atoms with E-state index in [4.69, 9.17) is 10.2 Å². The van der Waals surface area contributed by atoms with Gasteiger partial charge in [0.15, 0.2) is 0 Å². The van der Waals surface area contributed by atoms with Gasteiger partial charge in [-0.1, -0.05) is 304 Å². The van der Waals surface area contributed by atoms with Crippen LogP contribution in [-0.4, -0.2) is 21.6 Å². The van der Waals surface area contributed by atoms with E-state index >= 15 is 0 Å². The number of nitrogens with zero attached hydrogens (tertiary/aromatic N) is 6. The van der Waals surface area contributed by atoms with E-state index in [9.17, 15) is 0 Å². The fourth-order valence-corrected chi connectivity index (χ4v) is 12.8. The van der Waals surface area contributed by atoms with Crippen LogP contribution < -0.4 is 9.13 Å². The maximum atomic E-state index is 5.28. The Morgan fingerprint density at radius 3 is 0.722 bits per heavy atom. The number of rotatable bonds is 19. The molecule has 8 aromatic carbocycles. The summed E-state index contributed by atoms with van der Waals surface area (Å²) in [6, 6.07) is 71.1. The number of hydrogen-bond acceptors (Lipinski definition) is 2. The summed E-state index contributed by atoms with van der Waals surface area (Å²) in [4.78, 5) is 0. The zero-order chi connectivity index (χ0) is 65.1. The van der Waals surface area contributed by atoms with Crippen molar-refractivity contribution in [3.63, 3.8) is 0 Å². The molecule has 0 saturated carbocycles. The predicted octanol–water partition coefficient (Wildman–Crippen LogP) is 22.1. The van der Waals surface area contributed by atoms with Crippen molar-refractivity contribution in [1.82, 2.24) is 9.13 Å². The zero-order valence-electron chi connectivity index (χ0n) is 55.1. The molecular weight excluding hydrogens is 1510 g/mol. The number of benzene rings is 8. The minimum atomic E-state index is 0.185. The molecule has 0 spiro atoms. The quantitative estimate of drug-likeness (QED) is 0.0255. The van der Waals surface area contributed by atoms with E-state index in [-0.39, 0.29) is 47.3 Å². The summed E-state index contributed by atoms with van der Waals surface area (Å²) >= 11 is 3.50. The molecule has 474 valence electrons. The molecule has 90 heavy (non-hydrogen) atoms. The van der Waals surface area contributed by atoms with Crippen LogP contribution in [-0.2, 0) is 40.0 Å². The van der Waals surface area contributed by atoms with Crippen LogP contribution in [0.15, 0.2) is 204 Å². The molecule has 0 N–H and O–H groups in total. The van der Waals surface area contributed by atoms with E-state index < -0.39 is 0 Å². The van der Waals surface area contributed by atoms with Gasteiger partial charge >= 0.3 is 58.4 Å². The molecule has 0 bridgehead atoms. The fraction of sp³-hybridized carbons (Fsp3) is 0.300. The van der Waals surface area contributed by atoms with Crippen molar-refractivity contribution < 1.29 is 49.1 Å². The normalized spacial score (nSPS) is 11.8. The standard InChI is InChI=1S/C80H88N6.2Au.2ClH/c1-51(2)63-41-29-42-64(52(3)4)75(63)83-71(73(59-33-21-17-22-34-59)85(79(83)61-37-25-19-26-38-61)77-67(55(9)10)45-31-46-68(77)56(11)12)49-81-82-50-72-74(60-35-23-18-24-36-60)86(78-69(57(13)14)47-32-48-70(78)58(15)16)80(62-39-27-20-28-40-62)84(72)76-65(53(5)6)43-30-44-66(76)54(7)8;;;;/h17-48,51-58H,1-16H3;;;2*1H/q;2*+1;;/p-2. The summed E-state index contributed by atoms with van der Waals surface area (Å²) in [6.45, 7) is 37.0. The van der Waals surface area contributed by atoms with Crippen LogP contribution in [0, 0.1) is 0 Å². The third-order valence-corrected chi connectivity index (χ3v) is 17.0. The summed E-state index contributed by atoms with van der Waals surface area (Å²) in [5, 5.41) is 10.6. The Bertz CT molecular complexity index is 3690. The summed E-state index contributed by atoms with van der Waals surface area (Å²) in [5.74, 6) is 3.61. The Balaban J connectivity index is 0.00000256. The predicted molar refractivity (Wildman–Crippen MR) is 374 cm³/mol. The molecule has 0 unspecified atom stereocenters. The van der Waals surface area contributed by atoms with Crippen molar-refractivity contribution in [3.8, 4) is 68.0 Å². The first-order chi connectivity index (χ1) is 43.4. The Kier molecular flexibility index (Phi) is 24.5. The van der Waals surface area contributed by atoms with Crippen molar-refractivity contribution in [1.29, 1.82) is 0 Å². The molecule has 0 aliphatic carbocycles. The molecule has 2 heterocycles. The van der Waals surface area contributed by atoms with E-state index in [1.165, 1.54) is 55.9 Å². The number of hydrogen-bond donors (Lipinski definition) is 0. The summed E-state index contributed by atoms with van der Waals surface area (Å²) in [6.07, 6.45) is 7.62. The zero-order valence-corrected chi connectivity index (χ0v) is 61.0. The summed E-state index contributed by atoms with van der Waals surface area (Å²) in [5.41, 5.74) is 22.4. The van der Waals surface area contributed by atoms with Gasteiger partial charge in [0.1, 0.15) is 22.7 Å². The number of halogens is 2. The number of para-hydroxylation sites is 4. The average Bonchev–Trinajstić information content (AvgIpc) is 1.57. The monoisotopic (exact) mass is 1600 g/mol. The first-order valence-corrected chi connectivity index (χ1v) is 37.1. The van der Waals surface area contributed by atoms with Crippen LogP contribution in [0.4, 0.5) is 0 Å². The molecule has 0 aliphatic heterocycles. The van der Waals surface area contributed by atoms with Crippen LogP contribution in [0.2, 0.25) is 0 Å². The van der Waals surface area contributed by atoms with E-state index in [2.05, 4.69) is 354 Å². The molecule has 2 aromatic heterocycles. The van der Waals surface area contributed by atoms with Gasteiger partial charge in [0.25, 0.3) is 11.6 Å². The van der Waals surface area contributed by atoms with Crippen molar-refractivity contribution >= 4 is 30.8 Å². The minimum absolute atomic E-state index is 0.185. The van der Waals surface area contributed by atoms with Crippen molar-refractivity contribution in [2.45, 2.75) is 158 Å². The van der Waals surface area contributed by atoms with E-state index in [0.29, 0.717) is 0 Å². The van der Waals surface area contributed by atoms with Gasteiger partial charge in [-0.2, -0.15) is 0 Å². The van der Waals surface area contributed by atoms with E-state index in [1.54, 1.807) is 40.0 Å². The fourth-order valence-electron chi connectivity index (χ4n) is 12.8. The molecule has 6 nitrogen and oxygen atoms in total. The topological polar surface area (TPSA) is 42.3 Å². The van der Waals surface area contributed by atoms with Gasteiger partial charge in [0, 0.05) is 67.3 Å². The van der Waals surface area contributed by atoms with Gasteiger partial charge in [-0.05, 0) is 71.6 Å². The number of aromatic nitrogens is 4. The van der Waals surface area contributed by atoms with Gasteiger partial charge in [0.2, 0.25) is 0 Å². The van der Waals surface area contributed by atoms with Crippen LogP contribution in [0.5, 0.6) is 0 Å². The maximum absolute atomic E-state index is 5.28. The van der Waals surface area contributed by atoms with Gasteiger partial charge in [-0.3, -0.25) is 19.3 Å². The Labute approximate surface area is 570 Å². The molecule has 0 fully saturated rings. The van der Waals surface area contributed by atoms with Crippen molar-refractivity contribution in [2.75, 3.05) is 0 Å². The van der Waals surface area contributed by atoms with Crippen LogP contribution in [0.3, 0.4) is 0 Å². The van der Waals surface area contributed by atoms with Crippen LogP contribution in [0.25, 0.3) is 68.0 Å². The second-order valence-electron chi connectivity index (χ2n) is 25.6. The van der Waals surface area contributed by atoms with Gasteiger partial charge in [-0.25, -0.2) is 9.13 Å². The summed E-state index contributed by atoms with van der Waals surface area (Å²) < 4.78 is 10.0. The van der Waals surface area contributed by atoms with Crippen molar-refractivity contribution in [3.05, 3.63) is 250 Å². The van der Waals surface area contributed by atoms with Gasteiger partial charge < -0.3 is 0 Å². The van der Waals surface area contributed by atoms with Crippen molar-refractivity contribution in [2.24, 2.45) is 10.2 Å². The molecule has 0 aliphatic rings. The molecule has 0 amide bonds. The van der Waals surface area contributed by atoms with Gasteiger partial charge in [0.05, 0.1) is 11.1 Å². The Morgan fingerprint density at radius 2 is 0.500 bits per heavy atom. The molecule has 10 heteroatoms. The second-order valence-corrected chi connectivity index (χ2v) is 25.6. The SMILES string of the molecule is CC(C)c1cccc(C(C)C)c1-n1c([C-]=NN=[C-]c2c(-c3ccccc3)[n+](-c3c(C(C)C)cccc3C(C)C)c(-c3ccccc3)n2-c2c(C(C)C)cccc2C(C)C)c(-c2ccccc2)[n+](-c2c(C(C)C)cccc2C(C)C)c1-c1ccccc1.[Cl][Au].[Cl][Au]. The molecule has 0 atom stereocenters. The summed E-state index contributed by atoms with van der Waals surface area (Å²) in [7, 11) is 9.17. The average molecular weight is 1600 g/mol. The first-order valence-electron chi connectivity index (χ1n) is 31.7. The van der Waals surface area contributed by atoms with Gasteiger partial charge in [-0.15, -0.1) is 0 Å². The third kappa shape index (κ3) is 14.3. The molecule has 10 rings (SSSR count). The van der Waals surface area contributed by atoms with E-state index in [0.717, 1.165) is 68.1 Å². The van der Waals surface area contributed by atoms with Crippen LogP contribution >= 0.6 is 18.4 Å². The Morgan fingerprint density at radius 1 is 0.289 bits per heavy atom. The molecule has 0 saturated heterocycles. The third-order valence-electron chi connectivity index (χ3n) is 17.0. The molecule has 10 aromatic rings. The molecule has 0 radical (unpaired) electrons. The van der Waals surface area contributed by atoms with Crippen LogP contribution in [0.1, 0.15) is 214 Å². The van der Waals surface area contributed by atoms with E-state index in [1.807, 2.05) is 0 Å². The molecular formula is C80H88Au2Cl2N6. The second kappa shape index (κ2) is 31.7. The number of imidazole rings is 2. The Hall–Kier alpha value is -6.42.